The fourth-order valence-electron chi connectivity index (χ4n) is 2.08. The van der Waals surface area contributed by atoms with Gasteiger partial charge in [-0.2, -0.15) is 13.2 Å². The van der Waals surface area contributed by atoms with Gasteiger partial charge < -0.3 is 0 Å². The highest BCUT2D eigenvalue weighted by Gasteiger charge is 2.44. The summed E-state index contributed by atoms with van der Waals surface area (Å²) in [4.78, 5) is 35.9. The van der Waals surface area contributed by atoms with E-state index in [9.17, 15) is 31.9 Å². The van der Waals surface area contributed by atoms with Crippen molar-refractivity contribution in [2.45, 2.75) is 19.5 Å². The number of rotatable bonds is 2. The summed E-state index contributed by atoms with van der Waals surface area (Å²) in [6, 6.07) is 1.70. The Morgan fingerprint density at radius 2 is 1.77 bits per heavy atom. The van der Waals surface area contributed by atoms with Gasteiger partial charge in [0.05, 0.1) is 5.69 Å². The minimum atomic E-state index is -4.78. The fourth-order valence-corrected chi connectivity index (χ4v) is 2.08. The zero-order valence-electron chi connectivity index (χ0n) is 11.3. The van der Waals surface area contributed by atoms with Gasteiger partial charge in [-0.25, -0.2) is 14.1 Å². The van der Waals surface area contributed by atoms with Crippen LogP contribution < -0.4 is 4.90 Å². The number of halogens is 4. The van der Waals surface area contributed by atoms with Crippen LogP contribution in [0.1, 0.15) is 12.0 Å². The molecule has 0 N–H and O–H groups in total. The second-order valence-corrected chi connectivity index (χ2v) is 4.71. The van der Waals surface area contributed by atoms with Crippen LogP contribution in [0.4, 0.5) is 28.0 Å². The Balaban J connectivity index is 2.40. The van der Waals surface area contributed by atoms with E-state index in [2.05, 4.69) is 0 Å². The molecule has 0 aromatic heterocycles. The van der Waals surface area contributed by atoms with Crippen molar-refractivity contribution in [2.24, 2.45) is 0 Å². The summed E-state index contributed by atoms with van der Waals surface area (Å²) < 4.78 is 50.4. The van der Waals surface area contributed by atoms with Gasteiger partial charge >= 0.3 is 12.2 Å². The van der Waals surface area contributed by atoms with E-state index in [1.807, 2.05) is 0 Å². The van der Waals surface area contributed by atoms with E-state index in [1.54, 1.807) is 0 Å². The largest absolute Gasteiger partial charge is 0.406 e. The first-order valence-electron chi connectivity index (χ1n) is 6.10. The smallest absolute Gasteiger partial charge is 0.274 e. The van der Waals surface area contributed by atoms with E-state index >= 15 is 0 Å². The van der Waals surface area contributed by atoms with Crippen LogP contribution in [0.2, 0.25) is 0 Å². The number of anilines is 1. The summed E-state index contributed by atoms with van der Waals surface area (Å²) >= 11 is 0. The van der Waals surface area contributed by atoms with Gasteiger partial charge in [0.1, 0.15) is 18.8 Å². The lowest BCUT2D eigenvalue weighted by molar-refractivity contribution is -0.157. The van der Waals surface area contributed by atoms with Crippen molar-refractivity contribution in [1.29, 1.82) is 0 Å². The molecular formula is C13H10F4N2O3. The highest BCUT2D eigenvalue weighted by molar-refractivity contribution is 6.26. The summed E-state index contributed by atoms with van der Waals surface area (Å²) in [6.07, 6.45) is -5.64. The van der Waals surface area contributed by atoms with Crippen molar-refractivity contribution in [3.05, 3.63) is 29.6 Å². The fraction of sp³-hybridized carbons (Fsp3) is 0.308. The number of alkyl halides is 3. The van der Waals surface area contributed by atoms with Crippen molar-refractivity contribution < 1.29 is 31.9 Å². The molecule has 2 rings (SSSR count). The van der Waals surface area contributed by atoms with Crippen LogP contribution in [0, 0.1) is 12.7 Å². The molecule has 5 nitrogen and oxygen atoms in total. The third kappa shape index (κ3) is 3.07. The summed E-state index contributed by atoms with van der Waals surface area (Å²) in [5.74, 6) is -2.80. The number of aryl methyl sites for hydroxylation is 1. The van der Waals surface area contributed by atoms with Crippen molar-refractivity contribution in [1.82, 2.24) is 4.90 Å². The van der Waals surface area contributed by atoms with Crippen LogP contribution in [0.15, 0.2) is 18.2 Å². The molecule has 22 heavy (non-hydrogen) atoms. The molecule has 1 aromatic carbocycles. The predicted molar refractivity (Wildman–Crippen MR) is 66.4 cm³/mol. The van der Waals surface area contributed by atoms with Crippen molar-refractivity contribution >= 4 is 23.5 Å². The SMILES string of the molecule is Cc1cc(F)ccc1N1C(=O)CC(=O)N(CC(F)(F)F)C1=O. The Hall–Kier alpha value is -2.45. The zero-order valence-corrected chi connectivity index (χ0v) is 11.3. The quantitative estimate of drug-likeness (QED) is 0.621. The number of barbiturate groups is 1. The molecule has 0 bridgehead atoms. The molecule has 1 aliphatic rings. The number of urea groups is 1. The minimum Gasteiger partial charge on any atom is -0.274 e. The van der Waals surface area contributed by atoms with Crippen LogP contribution in [0.3, 0.4) is 0 Å². The minimum absolute atomic E-state index is 0.0375. The van der Waals surface area contributed by atoms with Crippen LogP contribution in [-0.4, -0.2) is 35.5 Å². The monoisotopic (exact) mass is 318 g/mol. The number of hydrogen-bond donors (Lipinski definition) is 0. The molecule has 9 heteroatoms. The molecule has 1 saturated heterocycles. The lowest BCUT2D eigenvalue weighted by atomic mass is 10.1. The lowest BCUT2D eigenvalue weighted by Gasteiger charge is -2.33. The molecule has 118 valence electrons. The van der Waals surface area contributed by atoms with Crippen LogP contribution in [0.5, 0.6) is 0 Å². The van der Waals surface area contributed by atoms with Crippen molar-refractivity contribution in [3.8, 4) is 0 Å². The molecular weight excluding hydrogens is 308 g/mol. The molecule has 1 aliphatic heterocycles. The summed E-state index contributed by atoms with van der Waals surface area (Å²) in [5.41, 5.74) is 0.124. The van der Waals surface area contributed by atoms with Gasteiger partial charge in [0.25, 0.3) is 0 Å². The summed E-state index contributed by atoms with van der Waals surface area (Å²) in [6.45, 7) is -0.391. The van der Waals surface area contributed by atoms with Gasteiger partial charge in [0.2, 0.25) is 11.8 Å². The van der Waals surface area contributed by atoms with E-state index < -0.39 is 42.8 Å². The standard InChI is InChI=1S/C13H10F4N2O3/c1-7-4-8(14)2-3-9(7)19-11(21)5-10(20)18(12(19)22)6-13(15,16)17/h2-4H,5-6H2,1H3. The molecule has 0 atom stereocenters. The highest BCUT2D eigenvalue weighted by Crippen LogP contribution is 2.27. The molecule has 0 unspecified atom stereocenters. The number of imide groups is 2. The Morgan fingerprint density at radius 3 is 2.32 bits per heavy atom. The molecule has 0 saturated carbocycles. The Morgan fingerprint density at radius 1 is 1.14 bits per heavy atom. The molecule has 4 amide bonds. The third-order valence-electron chi connectivity index (χ3n) is 3.01. The lowest BCUT2D eigenvalue weighted by Crippen LogP contribution is -2.57. The maximum absolute atomic E-state index is 13.1. The molecule has 1 aromatic rings. The first kappa shape index (κ1) is 15.9. The van der Waals surface area contributed by atoms with E-state index in [0.29, 0.717) is 4.90 Å². The van der Waals surface area contributed by atoms with E-state index in [-0.39, 0.29) is 16.2 Å². The number of amides is 4. The average Bonchev–Trinajstić information content (AvgIpc) is 2.36. The number of hydrogen-bond acceptors (Lipinski definition) is 3. The molecule has 1 heterocycles. The first-order valence-corrected chi connectivity index (χ1v) is 6.10. The van der Waals surface area contributed by atoms with Crippen molar-refractivity contribution in [3.63, 3.8) is 0 Å². The van der Waals surface area contributed by atoms with Crippen LogP contribution in [0.25, 0.3) is 0 Å². The third-order valence-corrected chi connectivity index (χ3v) is 3.01. The van der Waals surface area contributed by atoms with Crippen LogP contribution >= 0.6 is 0 Å². The Bertz CT molecular complexity index is 657. The number of nitrogens with zero attached hydrogens (tertiary/aromatic N) is 2. The summed E-state index contributed by atoms with van der Waals surface area (Å²) in [5, 5.41) is 0. The van der Waals surface area contributed by atoms with Gasteiger partial charge in [0.15, 0.2) is 0 Å². The van der Waals surface area contributed by atoms with E-state index in [4.69, 9.17) is 0 Å². The molecule has 0 radical (unpaired) electrons. The topological polar surface area (TPSA) is 57.7 Å². The summed E-state index contributed by atoms with van der Waals surface area (Å²) in [7, 11) is 0. The Kier molecular flexibility index (Phi) is 3.90. The molecule has 0 aliphatic carbocycles. The second-order valence-electron chi connectivity index (χ2n) is 4.71. The first-order chi connectivity index (χ1) is 10.1. The molecule has 0 spiro atoms. The van der Waals surface area contributed by atoms with Gasteiger partial charge in [-0.05, 0) is 30.7 Å². The van der Waals surface area contributed by atoms with E-state index in [0.717, 1.165) is 18.2 Å². The average molecular weight is 318 g/mol. The van der Waals surface area contributed by atoms with Gasteiger partial charge in [-0.1, -0.05) is 0 Å². The highest BCUT2D eigenvalue weighted by atomic mass is 19.4. The van der Waals surface area contributed by atoms with Gasteiger partial charge in [-0.3, -0.25) is 14.5 Å². The van der Waals surface area contributed by atoms with Gasteiger partial charge in [0, 0.05) is 0 Å². The number of carbonyl (C=O) groups excluding carboxylic acids is 3. The predicted octanol–water partition coefficient (Wildman–Crippen LogP) is 2.38. The zero-order chi connectivity index (χ0) is 16.7. The maximum atomic E-state index is 13.1. The van der Waals surface area contributed by atoms with Gasteiger partial charge in [-0.15, -0.1) is 0 Å². The number of carbonyl (C=O) groups is 3. The van der Waals surface area contributed by atoms with Crippen LogP contribution in [-0.2, 0) is 9.59 Å². The normalized spacial score (nSPS) is 16.5. The second kappa shape index (κ2) is 5.39. The number of benzene rings is 1. The molecule has 1 fully saturated rings. The Labute approximate surface area is 122 Å². The van der Waals surface area contributed by atoms with E-state index in [1.165, 1.54) is 6.92 Å². The maximum Gasteiger partial charge on any atom is 0.406 e. The van der Waals surface area contributed by atoms with Crippen molar-refractivity contribution in [2.75, 3.05) is 11.4 Å².